The highest BCUT2D eigenvalue weighted by molar-refractivity contribution is 9.10. The Morgan fingerprint density at radius 3 is 2.60 bits per heavy atom. The van der Waals surface area contributed by atoms with Crippen molar-refractivity contribution in [1.82, 2.24) is 14.7 Å². The molecule has 2 atom stereocenters. The predicted molar refractivity (Wildman–Crippen MR) is 113 cm³/mol. The molecule has 2 heterocycles. The number of benzene rings is 1. The van der Waals surface area contributed by atoms with Crippen LogP contribution in [0.2, 0.25) is 0 Å². The summed E-state index contributed by atoms with van der Waals surface area (Å²) in [4.78, 5) is 8.73. The molecule has 30 heavy (non-hydrogen) atoms. The van der Waals surface area contributed by atoms with Crippen molar-refractivity contribution in [2.24, 2.45) is 0 Å². The van der Waals surface area contributed by atoms with E-state index in [0.29, 0.717) is 35.2 Å². The van der Waals surface area contributed by atoms with E-state index in [1.165, 1.54) is 12.1 Å². The van der Waals surface area contributed by atoms with Gasteiger partial charge in [-0.05, 0) is 66.4 Å². The van der Waals surface area contributed by atoms with Gasteiger partial charge in [0.25, 0.3) is 0 Å². The molecule has 2 aromatic rings. The van der Waals surface area contributed by atoms with Gasteiger partial charge in [-0.3, -0.25) is 0 Å². The minimum atomic E-state index is -3.64. The van der Waals surface area contributed by atoms with Crippen molar-refractivity contribution in [3.05, 3.63) is 34.9 Å². The number of anilines is 2. The van der Waals surface area contributed by atoms with E-state index in [1.807, 2.05) is 0 Å². The van der Waals surface area contributed by atoms with Crippen LogP contribution in [0.15, 0.2) is 39.8 Å². The van der Waals surface area contributed by atoms with Crippen molar-refractivity contribution in [3.8, 4) is 5.88 Å². The van der Waals surface area contributed by atoms with Crippen molar-refractivity contribution in [2.45, 2.75) is 48.8 Å². The van der Waals surface area contributed by atoms with Gasteiger partial charge in [-0.2, -0.15) is 4.98 Å². The lowest BCUT2D eigenvalue weighted by Gasteiger charge is -2.38. The van der Waals surface area contributed by atoms with Crippen LogP contribution in [0.4, 0.5) is 11.6 Å². The van der Waals surface area contributed by atoms with Gasteiger partial charge in [0.2, 0.25) is 21.9 Å². The third-order valence-electron chi connectivity index (χ3n) is 5.04. The summed E-state index contributed by atoms with van der Waals surface area (Å²) in [7, 11) is -3.64. The van der Waals surface area contributed by atoms with Gasteiger partial charge in [0.05, 0.1) is 40.4 Å². The molecule has 1 aromatic heterocycles. The molecule has 1 aliphatic carbocycles. The van der Waals surface area contributed by atoms with Crippen molar-refractivity contribution < 1.29 is 23.0 Å². The van der Waals surface area contributed by atoms with Gasteiger partial charge in [0, 0.05) is 5.69 Å². The second-order valence-electron chi connectivity index (χ2n) is 7.81. The monoisotopic (exact) mass is 498 g/mol. The zero-order valence-corrected chi connectivity index (χ0v) is 18.7. The van der Waals surface area contributed by atoms with E-state index in [0.717, 1.165) is 19.3 Å². The Morgan fingerprint density at radius 2 is 2.00 bits per heavy atom. The van der Waals surface area contributed by atoms with Crippen LogP contribution < -0.4 is 14.8 Å². The Bertz CT molecular complexity index is 1010. The maximum absolute atomic E-state index is 12.5. The van der Waals surface area contributed by atoms with E-state index in [1.54, 1.807) is 25.3 Å². The molecule has 162 valence electrons. The van der Waals surface area contributed by atoms with Crippen molar-refractivity contribution in [1.29, 1.82) is 0 Å². The van der Waals surface area contributed by atoms with Crippen LogP contribution >= 0.6 is 15.9 Å². The Kier molecular flexibility index (Phi) is 5.99. The van der Waals surface area contributed by atoms with E-state index in [-0.39, 0.29) is 11.0 Å². The molecule has 1 saturated heterocycles. The van der Waals surface area contributed by atoms with Crippen molar-refractivity contribution >= 4 is 37.6 Å². The summed E-state index contributed by atoms with van der Waals surface area (Å²) in [5.41, 5.74) is 0.0611. The number of rotatable bonds is 7. The topological polar surface area (TPSA) is 123 Å². The second-order valence-corrected chi connectivity index (χ2v) is 10.3. The maximum atomic E-state index is 12.5. The van der Waals surface area contributed by atoms with Crippen LogP contribution in [0.5, 0.6) is 5.88 Å². The van der Waals surface area contributed by atoms with Gasteiger partial charge in [-0.15, -0.1) is 0 Å². The van der Waals surface area contributed by atoms with E-state index < -0.39 is 21.7 Å². The first-order valence-corrected chi connectivity index (χ1v) is 11.9. The van der Waals surface area contributed by atoms with Gasteiger partial charge >= 0.3 is 0 Å². The van der Waals surface area contributed by atoms with Gasteiger partial charge in [-0.1, -0.05) is 0 Å². The molecule has 0 spiro atoms. The molecule has 2 fully saturated rings. The Hall–Kier alpha value is -1.79. The molecule has 1 aliphatic heterocycles. The highest BCUT2D eigenvalue weighted by Gasteiger charge is 2.37. The minimum absolute atomic E-state index is 0.164. The van der Waals surface area contributed by atoms with Gasteiger partial charge in [0.15, 0.2) is 0 Å². The van der Waals surface area contributed by atoms with Crippen molar-refractivity contribution in [2.75, 3.05) is 18.5 Å². The molecule has 4 rings (SSSR count). The quantitative estimate of drug-likeness (QED) is 0.531. The van der Waals surface area contributed by atoms with Crippen molar-refractivity contribution in [3.63, 3.8) is 0 Å². The zero-order chi connectivity index (χ0) is 21.4. The van der Waals surface area contributed by atoms with Gasteiger partial charge < -0.3 is 19.9 Å². The summed E-state index contributed by atoms with van der Waals surface area (Å²) in [6, 6.07) is 6.30. The third-order valence-corrected chi connectivity index (χ3v) is 7.23. The highest BCUT2D eigenvalue weighted by atomic mass is 79.9. The first-order valence-electron chi connectivity index (χ1n) is 9.60. The first-order chi connectivity index (χ1) is 14.2. The molecule has 0 bridgehead atoms. The largest absolute Gasteiger partial charge is 0.471 e. The van der Waals surface area contributed by atoms with Gasteiger partial charge in [0.1, 0.15) is 6.10 Å². The number of halogens is 1. The number of ether oxygens (including phenoxy) is 2. The van der Waals surface area contributed by atoms with Crippen LogP contribution in [0, 0.1) is 0 Å². The molecule has 0 amide bonds. The predicted octanol–water partition coefficient (Wildman–Crippen LogP) is 2.34. The fraction of sp³-hybridized carbons (Fsp3) is 0.474. The standard InChI is InChI=1S/C19H23BrN4O5S/c1-19(10-28-11-19)24-30(26,27)13-7-5-12(6-8-13)22-18-21-9-14(20)17(23-18)29-16-4-2-3-15(16)25/h5-9,15-16,24-25H,2-4,10-11H2,1H3,(H,21,22,23). The van der Waals surface area contributed by atoms with Crippen LogP contribution in [0.3, 0.4) is 0 Å². The van der Waals surface area contributed by atoms with Gasteiger partial charge in [-0.25, -0.2) is 18.1 Å². The SMILES string of the molecule is CC1(NS(=O)(=O)c2ccc(Nc3ncc(Br)c(OC4CCCC4O)n3)cc2)COC1. The zero-order valence-electron chi connectivity index (χ0n) is 16.3. The molecule has 9 nitrogen and oxygen atoms in total. The first kappa shape index (κ1) is 21.4. The number of hydrogen-bond acceptors (Lipinski definition) is 8. The Morgan fingerprint density at radius 1 is 1.27 bits per heavy atom. The third kappa shape index (κ3) is 4.75. The molecular weight excluding hydrogens is 476 g/mol. The summed E-state index contributed by atoms with van der Waals surface area (Å²) < 4.78 is 39.2. The Balaban J connectivity index is 1.45. The van der Waals surface area contributed by atoms with E-state index in [9.17, 15) is 13.5 Å². The lowest BCUT2D eigenvalue weighted by molar-refractivity contribution is -0.0523. The lowest BCUT2D eigenvalue weighted by atomic mass is 10.0. The number of aliphatic hydroxyl groups excluding tert-OH is 1. The number of aliphatic hydroxyl groups is 1. The molecular formula is C19H23BrN4O5S. The smallest absolute Gasteiger partial charge is 0.241 e. The number of sulfonamides is 1. The summed E-state index contributed by atoms with van der Waals surface area (Å²) in [6.45, 7) is 2.52. The summed E-state index contributed by atoms with van der Waals surface area (Å²) in [5, 5.41) is 13.0. The molecule has 11 heteroatoms. The molecule has 2 unspecified atom stereocenters. The fourth-order valence-electron chi connectivity index (χ4n) is 3.38. The second kappa shape index (κ2) is 8.39. The molecule has 0 radical (unpaired) electrons. The maximum Gasteiger partial charge on any atom is 0.241 e. The molecule has 1 aromatic carbocycles. The summed E-state index contributed by atoms with van der Waals surface area (Å²) >= 11 is 3.37. The summed E-state index contributed by atoms with van der Waals surface area (Å²) in [5.74, 6) is 0.645. The molecule has 2 aliphatic rings. The van der Waals surface area contributed by atoms with Crippen LogP contribution in [0.25, 0.3) is 0 Å². The number of nitrogens with one attached hydrogen (secondary N) is 2. The number of hydrogen-bond donors (Lipinski definition) is 3. The number of nitrogens with zero attached hydrogens (tertiary/aromatic N) is 2. The van der Waals surface area contributed by atoms with E-state index in [4.69, 9.17) is 9.47 Å². The summed E-state index contributed by atoms with van der Waals surface area (Å²) in [6.07, 6.45) is 3.18. The number of aromatic nitrogens is 2. The fourth-order valence-corrected chi connectivity index (χ4v) is 5.04. The minimum Gasteiger partial charge on any atom is -0.471 e. The molecule has 1 saturated carbocycles. The van der Waals surface area contributed by atoms with E-state index in [2.05, 4.69) is 35.9 Å². The highest BCUT2D eigenvalue weighted by Crippen LogP contribution is 2.29. The lowest BCUT2D eigenvalue weighted by Crippen LogP contribution is -2.59. The van der Waals surface area contributed by atoms with E-state index >= 15 is 0 Å². The normalized spacial score (nSPS) is 23.0. The van der Waals surface area contributed by atoms with Crippen LogP contribution in [0.1, 0.15) is 26.2 Å². The Labute approximate surface area is 183 Å². The van der Waals surface area contributed by atoms with Crippen LogP contribution in [-0.4, -0.2) is 54.5 Å². The molecule has 3 N–H and O–H groups in total. The average Bonchev–Trinajstić information content (AvgIpc) is 3.08. The average molecular weight is 499 g/mol. The van der Waals surface area contributed by atoms with Crippen LogP contribution in [-0.2, 0) is 14.8 Å².